The minimum absolute atomic E-state index is 0.112. The Hall–Kier alpha value is -2.27. The molecule has 1 aromatic heterocycles. The second-order valence-corrected chi connectivity index (χ2v) is 7.07. The quantitative estimate of drug-likeness (QED) is 0.898. The molecule has 2 bridgehead atoms. The van der Waals surface area contributed by atoms with Gasteiger partial charge < -0.3 is 15.1 Å². The Morgan fingerprint density at radius 3 is 2.64 bits per heavy atom. The maximum Gasteiger partial charge on any atom is 0.287 e. The van der Waals surface area contributed by atoms with Gasteiger partial charge in [-0.1, -0.05) is 12.1 Å². The molecule has 3 fully saturated rings. The highest BCUT2D eigenvalue weighted by Crippen LogP contribution is 2.33. The Bertz CT molecular complexity index is 760. The van der Waals surface area contributed by atoms with E-state index in [1.165, 1.54) is 12.8 Å². The molecule has 2 unspecified atom stereocenters. The van der Waals surface area contributed by atoms with Gasteiger partial charge in [-0.25, -0.2) is 0 Å². The molecule has 2 atom stereocenters. The van der Waals surface area contributed by atoms with Crippen molar-refractivity contribution in [3.8, 4) is 11.3 Å². The summed E-state index contributed by atoms with van der Waals surface area (Å²) in [6.07, 6.45) is 2.35. The fourth-order valence-electron chi connectivity index (χ4n) is 4.29. The van der Waals surface area contributed by atoms with Crippen molar-refractivity contribution in [2.75, 3.05) is 25.5 Å². The zero-order valence-corrected chi connectivity index (χ0v) is 14.8. The monoisotopic (exact) mass is 339 g/mol. The molecule has 3 aliphatic heterocycles. The lowest BCUT2D eigenvalue weighted by atomic mass is 9.79. The van der Waals surface area contributed by atoms with E-state index >= 15 is 0 Å². The Balaban J connectivity index is 1.51. The Kier molecular flexibility index (Phi) is 4.25. The number of nitrogens with one attached hydrogen (secondary N) is 2. The van der Waals surface area contributed by atoms with Gasteiger partial charge in [-0.05, 0) is 63.0 Å². The third-order valence-electron chi connectivity index (χ3n) is 5.77. The van der Waals surface area contributed by atoms with Crippen molar-refractivity contribution in [1.29, 1.82) is 0 Å². The summed E-state index contributed by atoms with van der Waals surface area (Å²) in [5.41, 5.74) is 1.94. The summed E-state index contributed by atoms with van der Waals surface area (Å²) in [6, 6.07) is 12.2. The van der Waals surface area contributed by atoms with Crippen LogP contribution < -0.4 is 10.6 Å². The van der Waals surface area contributed by atoms with Crippen LogP contribution in [0.25, 0.3) is 11.3 Å². The number of para-hydroxylation sites is 1. The number of furan rings is 1. The van der Waals surface area contributed by atoms with E-state index in [0.717, 1.165) is 24.3 Å². The van der Waals surface area contributed by atoms with Crippen molar-refractivity contribution >= 4 is 11.6 Å². The zero-order chi connectivity index (χ0) is 17.4. The lowest BCUT2D eigenvalue weighted by Gasteiger charge is -2.49. The van der Waals surface area contributed by atoms with E-state index in [9.17, 15) is 4.79 Å². The molecule has 2 N–H and O–H groups in total. The minimum atomic E-state index is -0.112. The summed E-state index contributed by atoms with van der Waals surface area (Å²) >= 11 is 0. The first-order valence-corrected chi connectivity index (χ1v) is 9.09. The van der Waals surface area contributed by atoms with Gasteiger partial charge in [0, 0.05) is 30.4 Å². The van der Waals surface area contributed by atoms with E-state index in [-0.39, 0.29) is 11.9 Å². The summed E-state index contributed by atoms with van der Waals surface area (Å²) in [7, 11) is 1.88. The zero-order valence-electron chi connectivity index (χ0n) is 14.8. The minimum Gasteiger partial charge on any atom is -0.451 e. The van der Waals surface area contributed by atoms with Gasteiger partial charge >= 0.3 is 0 Å². The Morgan fingerprint density at radius 2 is 1.92 bits per heavy atom. The molecule has 3 aliphatic rings. The SMILES string of the molecule is CNc1ccccc1-c1ccc(C(=O)NC2C3CCN(CC3)C2C)o1. The van der Waals surface area contributed by atoms with Crippen LogP contribution in [0.5, 0.6) is 0 Å². The highest BCUT2D eigenvalue weighted by atomic mass is 16.3. The fourth-order valence-corrected chi connectivity index (χ4v) is 4.29. The van der Waals surface area contributed by atoms with Gasteiger partial charge in [0.05, 0.1) is 0 Å². The van der Waals surface area contributed by atoms with E-state index in [2.05, 4.69) is 22.5 Å². The Morgan fingerprint density at radius 1 is 1.16 bits per heavy atom. The molecular weight excluding hydrogens is 314 g/mol. The first kappa shape index (κ1) is 16.2. The summed E-state index contributed by atoms with van der Waals surface area (Å²) in [6.45, 7) is 4.53. The van der Waals surface area contributed by atoms with Crippen molar-refractivity contribution in [1.82, 2.24) is 10.2 Å². The van der Waals surface area contributed by atoms with Crippen molar-refractivity contribution in [3.63, 3.8) is 0 Å². The smallest absolute Gasteiger partial charge is 0.287 e. The van der Waals surface area contributed by atoms with E-state index < -0.39 is 0 Å². The van der Waals surface area contributed by atoms with Gasteiger partial charge in [0.1, 0.15) is 5.76 Å². The maximum absolute atomic E-state index is 12.7. The molecule has 4 heterocycles. The third kappa shape index (κ3) is 2.93. The number of carbonyl (C=O) groups is 1. The lowest BCUT2D eigenvalue weighted by molar-refractivity contribution is 0.0211. The number of rotatable bonds is 4. The standard InChI is InChI=1S/C20H25N3O2/c1-13-19(14-9-11-23(13)12-10-14)22-20(24)18-8-7-17(25-18)15-5-3-4-6-16(15)21-2/h3-8,13-14,19,21H,9-12H2,1-2H3,(H,22,24). The molecule has 132 valence electrons. The number of piperidine rings is 3. The summed E-state index contributed by atoms with van der Waals surface area (Å²) in [5.74, 6) is 1.56. The van der Waals surface area contributed by atoms with Crippen LogP contribution in [-0.2, 0) is 0 Å². The van der Waals surface area contributed by atoms with Crippen LogP contribution in [0, 0.1) is 5.92 Å². The number of hydrogen-bond acceptors (Lipinski definition) is 4. The average Bonchev–Trinajstić information content (AvgIpc) is 3.15. The van der Waals surface area contributed by atoms with Crippen LogP contribution in [0.4, 0.5) is 5.69 Å². The predicted molar refractivity (Wildman–Crippen MR) is 98.7 cm³/mol. The Labute approximate surface area is 148 Å². The van der Waals surface area contributed by atoms with Crippen LogP contribution in [0.15, 0.2) is 40.8 Å². The molecule has 0 radical (unpaired) electrons. The normalized spacial score (nSPS) is 27.9. The van der Waals surface area contributed by atoms with Crippen LogP contribution in [0.2, 0.25) is 0 Å². The summed E-state index contributed by atoms with van der Waals surface area (Å²) in [5, 5.41) is 6.38. The number of anilines is 1. The van der Waals surface area contributed by atoms with Crippen LogP contribution >= 0.6 is 0 Å². The second kappa shape index (κ2) is 6.56. The maximum atomic E-state index is 12.7. The molecule has 1 amide bonds. The molecule has 5 rings (SSSR count). The first-order chi connectivity index (χ1) is 12.2. The molecule has 3 saturated heterocycles. The molecule has 0 spiro atoms. The predicted octanol–water partition coefficient (Wildman–Crippen LogP) is 3.20. The van der Waals surface area contributed by atoms with E-state index in [0.29, 0.717) is 23.5 Å². The van der Waals surface area contributed by atoms with E-state index in [1.807, 2.05) is 37.4 Å². The molecule has 2 aromatic rings. The molecule has 5 heteroatoms. The molecule has 0 saturated carbocycles. The van der Waals surface area contributed by atoms with Crippen LogP contribution in [0.1, 0.15) is 30.3 Å². The van der Waals surface area contributed by atoms with Gasteiger partial charge in [-0.2, -0.15) is 0 Å². The highest BCUT2D eigenvalue weighted by Gasteiger charge is 2.40. The second-order valence-electron chi connectivity index (χ2n) is 7.07. The summed E-state index contributed by atoms with van der Waals surface area (Å²) < 4.78 is 5.87. The van der Waals surface area contributed by atoms with Gasteiger partial charge in [0.15, 0.2) is 5.76 Å². The van der Waals surface area contributed by atoms with Crippen molar-refractivity contribution in [3.05, 3.63) is 42.2 Å². The van der Waals surface area contributed by atoms with Crippen LogP contribution in [-0.4, -0.2) is 43.0 Å². The third-order valence-corrected chi connectivity index (χ3v) is 5.77. The number of hydrogen-bond donors (Lipinski definition) is 2. The molecule has 5 nitrogen and oxygen atoms in total. The number of fused-ring (bicyclic) bond motifs is 3. The van der Waals surface area contributed by atoms with Crippen molar-refractivity contribution in [2.45, 2.75) is 31.8 Å². The van der Waals surface area contributed by atoms with Gasteiger partial charge in [-0.3, -0.25) is 9.69 Å². The van der Waals surface area contributed by atoms with E-state index in [4.69, 9.17) is 4.42 Å². The van der Waals surface area contributed by atoms with Gasteiger partial charge in [-0.15, -0.1) is 0 Å². The molecule has 0 aliphatic carbocycles. The fraction of sp³-hybridized carbons (Fsp3) is 0.450. The summed E-state index contributed by atoms with van der Waals surface area (Å²) in [4.78, 5) is 15.2. The highest BCUT2D eigenvalue weighted by molar-refractivity contribution is 5.92. The number of benzene rings is 1. The number of nitrogens with zero attached hydrogens (tertiary/aromatic N) is 1. The number of carbonyl (C=O) groups excluding carboxylic acids is 1. The largest absolute Gasteiger partial charge is 0.451 e. The van der Waals surface area contributed by atoms with Gasteiger partial charge in [0.2, 0.25) is 0 Å². The number of amides is 1. The molecule has 25 heavy (non-hydrogen) atoms. The average molecular weight is 339 g/mol. The van der Waals surface area contributed by atoms with Gasteiger partial charge in [0.25, 0.3) is 5.91 Å². The van der Waals surface area contributed by atoms with Crippen LogP contribution in [0.3, 0.4) is 0 Å². The van der Waals surface area contributed by atoms with Crippen molar-refractivity contribution in [2.24, 2.45) is 5.92 Å². The first-order valence-electron chi connectivity index (χ1n) is 9.09. The topological polar surface area (TPSA) is 57.5 Å². The van der Waals surface area contributed by atoms with Crippen molar-refractivity contribution < 1.29 is 9.21 Å². The molecule has 1 aromatic carbocycles. The molecular formula is C20H25N3O2. The van der Waals surface area contributed by atoms with E-state index in [1.54, 1.807) is 6.07 Å². The lowest BCUT2D eigenvalue weighted by Crippen LogP contribution is -2.62.